The van der Waals surface area contributed by atoms with E-state index in [1.165, 1.54) is 17.1 Å². The Morgan fingerprint density at radius 2 is 2.08 bits per heavy atom. The summed E-state index contributed by atoms with van der Waals surface area (Å²) in [6.07, 6.45) is -0.259. The molecule has 0 aliphatic carbocycles. The van der Waals surface area contributed by atoms with Crippen molar-refractivity contribution in [2.75, 3.05) is 7.11 Å². The van der Waals surface area contributed by atoms with Crippen LogP contribution < -0.4 is 4.74 Å². The Morgan fingerprint density at radius 3 is 2.64 bits per heavy atom. The zero-order chi connectivity index (χ0) is 18.3. The molecule has 130 valence electrons. The molecule has 5 nitrogen and oxygen atoms in total. The normalized spacial score (nSPS) is 11.0. The second kappa shape index (κ2) is 6.50. The van der Waals surface area contributed by atoms with Crippen molar-refractivity contribution >= 4 is 45.7 Å². The first kappa shape index (κ1) is 17.4. The van der Waals surface area contributed by atoms with Gasteiger partial charge in [-0.1, -0.05) is 11.6 Å². The number of aromatic nitrogens is 1. The van der Waals surface area contributed by atoms with Crippen molar-refractivity contribution in [3.63, 3.8) is 0 Å². The van der Waals surface area contributed by atoms with Gasteiger partial charge in [0.2, 0.25) is 0 Å². The first-order valence-corrected chi connectivity index (χ1v) is 8.47. The number of carboxylic acids is 1. The van der Waals surface area contributed by atoms with Crippen molar-refractivity contribution in [2.24, 2.45) is 0 Å². The molecule has 2 aromatic heterocycles. The van der Waals surface area contributed by atoms with E-state index in [0.29, 0.717) is 32.9 Å². The van der Waals surface area contributed by atoms with Crippen LogP contribution in [0.5, 0.6) is 5.75 Å². The number of methoxy groups -OCH3 is 1. The predicted octanol–water partition coefficient (Wildman–Crippen LogP) is 4.13. The number of fused-ring (bicyclic) bond motifs is 1. The van der Waals surface area contributed by atoms with Crippen LogP contribution in [0.4, 0.5) is 4.39 Å². The second-order valence-electron chi connectivity index (χ2n) is 5.42. The Bertz CT molecular complexity index is 1010. The lowest BCUT2D eigenvalue weighted by Gasteiger charge is -2.07. The molecule has 2 heterocycles. The number of halogens is 2. The topological polar surface area (TPSA) is 68.5 Å². The van der Waals surface area contributed by atoms with Gasteiger partial charge in [0.15, 0.2) is 5.13 Å². The number of rotatable bonds is 4. The van der Waals surface area contributed by atoms with Crippen LogP contribution in [0.25, 0.3) is 10.9 Å². The van der Waals surface area contributed by atoms with Crippen molar-refractivity contribution in [1.82, 2.24) is 4.57 Å². The molecule has 0 spiro atoms. The van der Waals surface area contributed by atoms with Crippen LogP contribution >= 0.6 is 22.9 Å². The second-order valence-corrected chi connectivity index (χ2v) is 6.69. The van der Waals surface area contributed by atoms with E-state index in [1.807, 2.05) is 0 Å². The number of carbonyl (C=O) groups is 2. The van der Waals surface area contributed by atoms with Crippen LogP contribution in [-0.2, 0) is 11.2 Å². The first-order valence-electron chi connectivity index (χ1n) is 7.21. The molecule has 0 saturated heterocycles. The van der Waals surface area contributed by atoms with Gasteiger partial charge in [-0.2, -0.15) is 4.39 Å². The van der Waals surface area contributed by atoms with Gasteiger partial charge < -0.3 is 9.84 Å². The first-order chi connectivity index (χ1) is 11.8. The molecule has 3 rings (SSSR count). The highest BCUT2D eigenvalue weighted by atomic mass is 35.5. The fraction of sp³-hybridized carbons (Fsp3) is 0.176. The smallest absolute Gasteiger partial charge is 0.307 e. The summed E-state index contributed by atoms with van der Waals surface area (Å²) < 4.78 is 19.9. The lowest BCUT2D eigenvalue weighted by Crippen LogP contribution is -2.13. The van der Waals surface area contributed by atoms with E-state index in [9.17, 15) is 19.1 Å². The SMILES string of the molecule is COc1cc2c(CC(=O)O)c(C)n(C(=O)c3csc(F)c3)c2cc1Cl. The summed E-state index contributed by atoms with van der Waals surface area (Å²) in [5.74, 6) is -1.09. The summed E-state index contributed by atoms with van der Waals surface area (Å²) in [6.45, 7) is 1.65. The summed E-state index contributed by atoms with van der Waals surface area (Å²) in [6, 6.07) is 4.32. The molecule has 0 amide bonds. The summed E-state index contributed by atoms with van der Waals surface area (Å²) >= 11 is 7.00. The fourth-order valence-electron chi connectivity index (χ4n) is 2.82. The number of ether oxygens (including phenoxy) is 1. The van der Waals surface area contributed by atoms with E-state index in [-0.39, 0.29) is 12.0 Å². The van der Waals surface area contributed by atoms with Crippen molar-refractivity contribution in [2.45, 2.75) is 13.3 Å². The number of carboxylic acid groups (broad SMARTS) is 1. The van der Waals surface area contributed by atoms with Gasteiger partial charge in [0.1, 0.15) is 5.75 Å². The number of aliphatic carboxylic acids is 1. The molecule has 0 aliphatic heterocycles. The zero-order valence-corrected chi connectivity index (χ0v) is 14.9. The minimum Gasteiger partial charge on any atom is -0.495 e. The monoisotopic (exact) mass is 381 g/mol. The molecule has 0 fully saturated rings. The van der Waals surface area contributed by atoms with Crippen molar-refractivity contribution in [3.8, 4) is 5.75 Å². The van der Waals surface area contributed by atoms with E-state index in [1.54, 1.807) is 19.1 Å². The number of thiophene rings is 1. The Hall–Kier alpha value is -2.38. The Kier molecular flexibility index (Phi) is 4.53. The lowest BCUT2D eigenvalue weighted by atomic mass is 10.1. The van der Waals surface area contributed by atoms with Gasteiger partial charge in [-0.3, -0.25) is 14.2 Å². The Labute approximate surface area is 151 Å². The number of benzene rings is 1. The standard InChI is InChI=1S/C17H13ClFNO4S/c1-8-10(5-16(21)22)11-4-14(24-2)12(18)6-13(11)20(8)17(23)9-3-15(19)25-7-9/h3-4,6-7H,5H2,1-2H3,(H,21,22). The van der Waals surface area contributed by atoms with E-state index in [0.717, 1.165) is 17.4 Å². The Balaban J connectivity index is 2.30. The van der Waals surface area contributed by atoms with Gasteiger partial charge in [-0.25, -0.2) is 0 Å². The van der Waals surface area contributed by atoms with Crippen LogP contribution in [0, 0.1) is 12.1 Å². The summed E-state index contributed by atoms with van der Waals surface area (Å²) in [5.41, 5.74) is 1.60. The average molecular weight is 382 g/mol. The molecule has 1 aromatic carbocycles. The highest BCUT2D eigenvalue weighted by Gasteiger charge is 2.23. The zero-order valence-electron chi connectivity index (χ0n) is 13.3. The fourth-order valence-corrected chi connectivity index (χ4v) is 3.66. The van der Waals surface area contributed by atoms with E-state index in [2.05, 4.69) is 0 Å². The molecular weight excluding hydrogens is 369 g/mol. The van der Waals surface area contributed by atoms with E-state index >= 15 is 0 Å². The third-order valence-corrected chi connectivity index (χ3v) is 4.96. The number of carbonyl (C=O) groups excluding carboxylic acids is 1. The van der Waals surface area contributed by atoms with E-state index < -0.39 is 17.0 Å². The van der Waals surface area contributed by atoms with Gasteiger partial charge >= 0.3 is 5.97 Å². The highest BCUT2D eigenvalue weighted by Crippen LogP contribution is 2.35. The van der Waals surface area contributed by atoms with Gasteiger partial charge in [0.25, 0.3) is 5.91 Å². The molecule has 0 aliphatic rings. The maximum atomic E-state index is 13.3. The van der Waals surface area contributed by atoms with Crippen LogP contribution in [0.2, 0.25) is 5.02 Å². The highest BCUT2D eigenvalue weighted by molar-refractivity contribution is 7.08. The molecular formula is C17H13ClFNO4S. The lowest BCUT2D eigenvalue weighted by molar-refractivity contribution is -0.136. The quantitative estimate of drug-likeness (QED) is 0.737. The van der Waals surface area contributed by atoms with Crippen molar-refractivity contribution < 1.29 is 23.8 Å². The third-order valence-electron chi connectivity index (χ3n) is 3.95. The molecule has 0 atom stereocenters. The van der Waals surface area contributed by atoms with Crippen LogP contribution in [0.15, 0.2) is 23.6 Å². The molecule has 0 bridgehead atoms. The summed E-state index contributed by atoms with van der Waals surface area (Å²) in [4.78, 5) is 24.1. The van der Waals surface area contributed by atoms with Gasteiger partial charge in [-0.05, 0) is 30.7 Å². The van der Waals surface area contributed by atoms with Crippen molar-refractivity contribution in [3.05, 3.63) is 50.6 Å². The molecule has 1 N–H and O–H groups in total. The number of hydrogen-bond donors (Lipinski definition) is 1. The minimum absolute atomic E-state index is 0.191. The maximum absolute atomic E-state index is 13.3. The predicted molar refractivity (Wildman–Crippen MR) is 93.6 cm³/mol. The summed E-state index contributed by atoms with van der Waals surface area (Å²) in [7, 11) is 1.45. The molecule has 0 radical (unpaired) electrons. The largest absolute Gasteiger partial charge is 0.495 e. The number of hydrogen-bond acceptors (Lipinski definition) is 4. The van der Waals surface area contributed by atoms with Gasteiger partial charge in [0.05, 0.1) is 29.6 Å². The molecule has 25 heavy (non-hydrogen) atoms. The summed E-state index contributed by atoms with van der Waals surface area (Å²) in [5, 5.41) is 11.0. The van der Waals surface area contributed by atoms with Crippen LogP contribution in [0.1, 0.15) is 21.6 Å². The van der Waals surface area contributed by atoms with Gasteiger partial charge in [-0.15, -0.1) is 11.3 Å². The molecule has 3 aromatic rings. The number of nitrogens with zero attached hydrogens (tertiary/aromatic N) is 1. The van der Waals surface area contributed by atoms with Crippen molar-refractivity contribution in [1.29, 1.82) is 0 Å². The van der Waals surface area contributed by atoms with Gasteiger partial charge in [0, 0.05) is 16.5 Å². The third kappa shape index (κ3) is 3.01. The molecule has 8 heteroatoms. The van der Waals surface area contributed by atoms with Crippen LogP contribution in [-0.4, -0.2) is 28.7 Å². The molecule has 0 saturated carbocycles. The van der Waals surface area contributed by atoms with E-state index in [4.69, 9.17) is 16.3 Å². The molecule has 0 unspecified atom stereocenters. The minimum atomic E-state index is -1.02. The maximum Gasteiger partial charge on any atom is 0.307 e. The van der Waals surface area contributed by atoms with Crippen LogP contribution in [0.3, 0.4) is 0 Å². The Morgan fingerprint density at radius 1 is 1.36 bits per heavy atom. The average Bonchev–Trinajstić information content (AvgIpc) is 3.08.